The summed E-state index contributed by atoms with van der Waals surface area (Å²) < 4.78 is 6.04. The molecule has 98 valence electrons. The molecule has 1 aromatic heterocycles. The highest BCUT2D eigenvalue weighted by Gasteiger charge is 2.32. The van der Waals surface area contributed by atoms with Crippen LogP contribution in [-0.4, -0.2) is 15.6 Å². The van der Waals surface area contributed by atoms with E-state index in [2.05, 4.69) is 29.9 Å². The van der Waals surface area contributed by atoms with E-state index in [0.29, 0.717) is 11.6 Å². The lowest BCUT2D eigenvalue weighted by Crippen LogP contribution is -2.24. The van der Waals surface area contributed by atoms with Crippen molar-refractivity contribution >= 4 is 5.82 Å². The second kappa shape index (κ2) is 3.95. The number of nitrogens with two attached hydrogens (primary N) is 1. The van der Waals surface area contributed by atoms with E-state index in [4.69, 9.17) is 10.5 Å². The number of para-hydroxylation sites is 1. The number of rotatable bonds is 1. The number of nitrogens with zero attached hydrogens (tertiary/aromatic N) is 2. The molecule has 0 radical (unpaired) electrons. The van der Waals surface area contributed by atoms with E-state index in [0.717, 1.165) is 23.4 Å². The fourth-order valence-corrected chi connectivity index (χ4v) is 2.51. The summed E-state index contributed by atoms with van der Waals surface area (Å²) in [7, 11) is 0. The van der Waals surface area contributed by atoms with Crippen LogP contribution in [0.4, 0.5) is 5.82 Å². The van der Waals surface area contributed by atoms with Crippen LogP contribution >= 0.6 is 0 Å². The second-order valence-electron chi connectivity index (χ2n) is 5.59. The first-order valence-electron chi connectivity index (χ1n) is 6.37. The summed E-state index contributed by atoms with van der Waals surface area (Å²) in [5.74, 6) is 2.00. The van der Waals surface area contributed by atoms with Crippen LogP contribution in [0.15, 0.2) is 24.3 Å². The molecule has 2 aromatic rings. The normalized spacial score (nSPS) is 15.9. The van der Waals surface area contributed by atoms with Gasteiger partial charge in [0.15, 0.2) is 5.82 Å². The lowest BCUT2D eigenvalue weighted by molar-refractivity contribution is 0.139. The number of hydrogen-bond donors (Lipinski definition) is 1. The molecule has 4 nitrogen and oxygen atoms in total. The quantitative estimate of drug-likeness (QED) is 0.851. The highest BCUT2D eigenvalue weighted by molar-refractivity contribution is 5.69. The Morgan fingerprint density at radius 2 is 2.05 bits per heavy atom. The van der Waals surface area contributed by atoms with Gasteiger partial charge in [-0.2, -0.15) is 0 Å². The third-order valence-corrected chi connectivity index (χ3v) is 3.21. The highest BCUT2D eigenvalue weighted by atomic mass is 16.5. The lowest BCUT2D eigenvalue weighted by atomic mass is 10.0. The number of ether oxygens (including phenoxy) is 1. The van der Waals surface area contributed by atoms with Gasteiger partial charge in [0.05, 0.1) is 5.56 Å². The van der Waals surface area contributed by atoms with Gasteiger partial charge in [0.1, 0.15) is 17.2 Å². The third-order valence-electron chi connectivity index (χ3n) is 3.21. The molecule has 0 spiro atoms. The summed E-state index contributed by atoms with van der Waals surface area (Å²) in [6.07, 6.45) is 0.900. The van der Waals surface area contributed by atoms with Crippen LogP contribution < -0.4 is 10.5 Å². The van der Waals surface area contributed by atoms with E-state index < -0.39 is 0 Å². The maximum Gasteiger partial charge on any atom is 0.165 e. The topological polar surface area (TPSA) is 61.0 Å². The van der Waals surface area contributed by atoms with Gasteiger partial charge in [-0.1, -0.05) is 12.1 Å². The number of nitrogen functional groups attached to an aromatic ring is 1. The molecule has 0 bridgehead atoms. The molecule has 0 unspecified atom stereocenters. The summed E-state index contributed by atoms with van der Waals surface area (Å²) in [5, 5.41) is 0. The van der Waals surface area contributed by atoms with E-state index in [9.17, 15) is 0 Å². The van der Waals surface area contributed by atoms with Crippen molar-refractivity contribution in [2.45, 2.75) is 32.8 Å². The van der Waals surface area contributed by atoms with Crippen LogP contribution in [0.1, 0.15) is 25.1 Å². The zero-order chi connectivity index (χ0) is 13.6. The van der Waals surface area contributed by atoms with E-state index in [1.165, 1.54) is 5.56 Å². The van der Waals surface area contributed by atoms with Gasteiger partial charge in [0, 0.05) is 18.2 Å². The summed E-state index contributed by atoms with van der Waals surface area (Å²) in [5.41, 5.74) is 8.60. The molecule has 2 N–H and O–H groups in total. The predicted molar refractivity (Wildman–Crippen MR) is 75.0 cm³/mol. The molecule has 0 saturated heterocycles. The Balaban J connectivity index is 2.15. The van der Waals surface area contributed by atoms with Gasteiger partial charge in [0.2, 0.25) is 0 Å². The van der Waals surface area contributed by atoms with Crippen LogP contribution in [0, 0.1) is 6.92 Å². The van der Waals surface area contributed by atoms with E-state index >= 15 is 0 Å². The molecule has 4 heteroatoms. The van der Waals surface area contributed by atoms with Crippen LogP contribution in [0.5, 0.6) is 5.75 Å². The molecule has 1 aliphatic heterocycles. The predicted octanol–water partition coefficient (Wildman–Crippen LogP) is 2.75. The van der Waals surface area contributed by atoms with Crippen LogP contribution in [0.2, 0.25) is 0 Å². The van der Waals surface area contributed by atoms with Crippen LogP contribution in [0.25, 0.3) is 11.4 Å². The van der Waals surface area contributed by atoms with E-state index in [-0.39, 0.29) is 5.60 Å². The van der Waals surface area contributed by atoms with Crippen molar-refractivity contribution in [3.8, 4) is 17.1 Å². The van der Waals surface area contributed by atoms with Gasteiger partial charge in [-0.25, -0.2) is 9.97 Å². The molecule has 0 amide bonds. The zero-order valence-electron chi connectivity index (χ0n) is 11.4. The molecular formula is C15H17N3O. The van der Waals surface area contributed by atoms with Crippen LogP contribution in [-0.2, 0) is 6.42 Å². The van der Waals surface area contributed by atoms with Crippen molar-refractivity contribution in [1.82, 2.24) is 9.97 Å². The monoisotopic (exact) mass is 255 g/mol. The molecule has 1 aromatic carbocycles. The van der Waals surface area contributed by atoms with E-state index in [1.807, 2.05) is 19.1 Å². The van der Waals surface area contributed by atoms with Crippen molar-refractivity contribution in [1.29, 1.82) is 0 Å². The molecule has 0 saturated carbocycles. The number of aromatic nitrogens is 2. The van der Waals surface area contributed by atoms with E-state index in [1.54, 1.807) is 6.07 Å². The minimum Gasteiger partial charge on any atom is -0.486 e. The summed E-state index contributed by atoms with van der Waals surface area (Å²) >= 11 is 0. The largest absolute Gasteiger partial charge is 0.486 e. The fraction of sp³-hybridized carbons (Fsp3) is 0.333. The lowest BCUT2D eigenvalue weighted by Gasteiger charge is -2.18. The summed E-state index contributed by atoms with van der Waals surface area (Å²) in [6.45, 7) is 6.08. The van der Waals surface area contributed by atoms with Crippen molar-refractivity contribution in [2.24, 2.45) is 0 Å². The fourth-order valence-electron chi connectivity index (χ4n) is 2.51. The Morgan fingerprint density at radius 1 is 1.26 bits per heavy atom. The molecule has 2 heterocycles. The summed E-state index contributed by atoms with van der Waals surface area (Å²) in [4.78, 5) is 8.77. The van der Waals surface area contributed by atoms with Gasteiger partial charge in [-0.15, -0.1) is 0 Å². The average Bonchev–Trinajstić information content (AvgIpc) is 2.60. The number of benzene rings is 1. The Hall–Kier alpha value is -2.10. The molecule has 0 fully saturated rings. The minimum atomic E-state index is -0.173. The number of aryl methyl sites for hydroxylation is 1. The molecular weight excluding hydrogens is 238 g/mol. The average molecular weight is 255 g/mol. The Labute approximate surface area is 112 Å². The number of anilines is 1. The van der Waals surface area contributed by atoms with Gasteiger partial charge in [0.25, 0.3) is 0 Å². The van der Waals surface area contributed by atoms with Gasteiger partial charge in [-0.05, 0) is 32.4 Å². The van der Waals surface area contributed by atoms with Gasteiger partial charge < -0.3 is 10.5 Å². The second-order valence-corrected chi connectivity index (χ2v) is 5.59. The zero-order valence-corrected chi connectivity index (χ0v) is 11.4. The Bertz CT molecular complexity index is 630. The Morgan fingerprint density at radius 3 is 2.79 bits per heavy atom. The first kappa shape index (κ1) is 12.0. The first-order chi connectivity index (χ1) is 8.94. The van der Waals surface area contributed by atoms with Crippen LogP contribution in [0.3, 0.4) is 0 Å². The van der Waals surface area contributed by atoms with Gasteiger partial charge in [-0.3, -0.25) is 0 Å². The number of fused-ring (bicyclic) bond motifs is 1. The van der Waals surface area contributed by atoms with Gasteiger partial charge >= 0.3 is 0 Å². The number of hydrogen-bond acceptors (Lipinski definition) is 4. The third kappa shape index (κ3) is 2.14. The van der Waals surface area contributed by atoms with Crippen molar-refractivity contribution in [3.63, 3.8) is 0 Å². The van der Waals surface area contributed by atoms with Crippen molar-refractivity contribution in [2.75, 3.05) is 5.73 Å². The van der Waals surface area contributed by atoms with Crippen molar-refractivity contribution in [3.05, 3.63) is 35.5 Å². The highest BCUT2D eigenvalue weighted by Crippen LogP contribution is 2.41. The maximum atomic E-state index is 6.04. The maximum absolute atomic E-state index is 6.04. The molecule has 19 heavy (non-hydrogen) atoms. The molecule has 3 rings (SSSR count). The molecule has 0 atom stereocenters. The smallest absolute Gasteiger partial charge is 0.165 e. The first-order valence-corrected chi connectivity index (χ1v) is 6.37. The molecule has 1 aliphatic rings. The molecule has 0 aliphatic carbocycles. The minimum absolute atomic E-state index is 0.173. The standard InChI is InChI=1S/C15H17N3O/c1-9-7-12(16)18-14(17-9)11-6-4-5-10-8-15(2,3)19-13(10)11/h4-7H,8H2,1-3H3,(H2,16,17,18). The summed E-state index contributed by atoms with van der Waals surface area (Å²) in [6, 6.07) is 7.85. The SMILES string of the molecule is Cc1cc(N)nc(-c2cccc3c2OC(C)(C)C3)n1. The van der Waals surface area contributed by atoms with Crippen molar-refractivity contribution < 1.29 is 4.74 Å². The Kier molecular flexibility index (Phi) is 2.49.